The van der Waals surface area contributed by atoms with E-state index in [2.05, 4.69) is 20.8 Å². The summed E-state index contributed by atoms with van der Waals surface area (Å²) >= 11 is 0. The Morgan fingerprint density at radius 3 is 1.54 bits per heavy atom. The van der Waals surface area contributed by atoms with Crippen LogP contribution < -0.4 is 0 Å². The molecule has 0 saturated heterocycles. The van der Waals surface area contributed by atoms with E-state index in [4.69, 9.17) is 4.74 Å². The van der Waals surface area contributed by atoms with E-state index in [-0.39, 0.29) is 11.9 Å². The van der Waals surface area contributed by atoms with Crippen LogP contribution in [0.4, 0.5) is 0 Å². The second-order valence-electron chi connectivity index (χ2n) is 9.60. The molecule has 0 heterocycles. The average Bonchev–Trinajstić information content (AvgIpc) is 2.69. The van der Waals surface area contributed by atoms with Crippen LogP contribution in [0.1, 0.15) is 111 Å². The fourth-order valence-corrected chi connectivity index (χ4v) is 11.3. The molecule has 1 saturated carbocycles. The van der Waals surface area contributed by atoms with Gasteiger partial charge in [-0.3, -0.25) is 4.79 Å². The van der Waals surface area contributed by atoms with E-state index in [0.717, 1.165) is 6.42 Å². The summed E-state index contributed by atoms with van der Waals surface area (Å²) in [6.45, 7) is 6.94. The summed E-state index contributed by atoms with van der Waals surface area (Å²) in [4.78, 5) is 12.2. The molecule has 1 aliphatic rings. The normalized spacial score (nSPS) is 19.4. The number of carbonyl (C=O) groups excluding carboxylic acids is 1. The Morgan fingerprint density at radius 1 is 0.750 bits per heavy atom. The van der Waals surface area contributed by atoms with Gasteiger partial charge in [0.15, 0.2) is 0 Å². The van der Waals surface area contributed by atoms with Crippen LogP contribution in [0.15, 0.2) is 0 Å². The van der Waals surface area contributed by atoms with Crippen molar-refractivity contribution in [1.82, 2.24) is 0 Å². The Balaban J connectivity index is 2.77. The van der Waals surface area contributed by atoms with E-state index in [1.54, 1.807) is 7.11 Å². The zero-order valence-electron chi connectivity index (χ0n) is 19.7. The van der Waals surface area contributed by atoms with Crippen molar-refractivity contribution in [3.63, 3.8) is 0 Å². The third-order valence-electron chi connectivity index (χ3n) is 7.30. The van der Waals surface area contributed by atoms with Gasteiger partial charge in [-0.25, -0.2) is 0 Å². The lowest BCUT2D eigenvalue weighted by molar-refractivity contribution is -0.151. The molecule has 0 radical (unpaired) electrons. The van der Waals surface area contributed by atoms with Crippen molar-refractivity contribution in [1.29, 1.82) is 0 Å². The zero-order chi connectivity index (χ0) is 20.7. The van der Waals surface area contributed by atoms with E-state index < -0.39 is 8.07 Å². The highest BCUT2D eigenvalue weighted by Crippen LogP contribution is 2.45. The first-order chi connectivity index (χ1) is 13.6. The lowest BCUT2D eigenvalue weighted by Gasteiger charge is -2.42. The molecule has 0 aromatic rings. The number of hydrogen-bond donors (Lipinski definition) is 0. The van der Waals surface area contributed by atoms with Gasteiger partial charge in [-0.2, -0.15) is 0 Å². The van der Waals surface area contributed by atoms with Crippen molar-refractivity contribution in [2.45, 2.75) is 135 Å². The van der Waals surface area contributed by atoms with Gasteiger partial charge in [-0.1, -0.05) is 122 Å². The predicted molar refractivity (Wildman–Crippen MR) is 126 cm³/mol. The monoisotopic (exact) mass is 410 g/mol. The molecule has 0 aliphatic heterocycles. The molecule has 2 nitrogen and oxygen atoms in total. The standard InChI is InChI=1S/C25H50O2Si/c1-5-8-11-14-19-28(20-15-12-9-6-2,21-16-13-10-7-3)22-23-17-18-24(23)25(26)27-4/h23-24H,5-22H2,1-4H3/t23-,24-/m0/s1. The maximum absolute atomic E-state index is 12.2. The topological polar surface area (TPSA) is 26.3 Å². The van der Waals surface area contributed by atoms with Gasteiger partial charge in [-0.15, -0.1) is 0 Å². The summed E-state index contributed by atoms with van der Waals surface area (Å²) < 4.78 is 5.11. The molecule has 1 rings (SSSR count). The summed E-state index contributed by atoms with van der Waals surface area (Å²) in [5.41, 5.74) is 0. The molecule has 2 atom stereocenters. The molecule has 1 fully saturated rings. The molecular formula is C25H50O2Si. The van der Waals surface area contributed by atoms with Crippen molar-refractivity contribution in [3.05, 3.63) is 0 Å². The molecule has 28 heavy (non-hydrogen) atoms. The summed E-state index contributed by atoms with van der Waals surface area (Å²) in [6, 6.07) is 5.98. The van der Waals surface area contributed by atoms with Crippen LogP contribution >= 0.6 is 0 Å². The van der Waals surface area contributed by atoms with Crippen molar-refractivity contribution < 1.29 is 9.53 Å². The van der Waals surface area contributed by atoms with Gasteiger partial charge in [0.05, 0.1) is 21.1 Å². The second-order valence-corrected chi connectivity index (χ2v) is 14.5. The van der Waals surface area contributed by atoms with Gasteiger partial charge in [0.25, 0.3) is 0 Å². The Labute approximate surface area is 177 Å². The minimum atomic E-state index is -1.29. The highest BCUT2D eigenvalue weighted by Gasteiger charge is 2.43. The first kappa shape index (κ1) is 25.7. The molecule has 0 N–H and O–H groups in total. The van der Waals surface area contributed by atoms with Crippen LogP contribution in [0.5, 0.6) is 0 Å². The average molecular weight is 411 g/mol. The maximum Gasteiger partial charge on any atom is 0.308 e. The van der Waals surface area contributed by atoms with Crippen LogP contribution in [-0.2, 0) is 9.53 Å². The number of esters is 1. The van der Waals surface area contributed by atoms with Crippen LogP contribution in [0.2, 0.25) is 24.2 Å². The number of carbonyl (C=O) groups is 1. The Hall–Kier alpha value is -0.313. The predicted octanol–water partition coefficient (Wildman–Crippen LogP) is 8.38. The van der Waals surface area contributed by atoms with Crippen molar-refractivity contribution in [3.8, 4) is 0 Å². The third kappa shape index (κ3) is 9.46. The highest BCUT2D eigenvalue weighted by molar-refractivity contribution is 6.80. The number of unbranched alkanes of at least 4 members (excludes halogenated alkanes) is 9. The van der Waals surface area contributed by atoms with Gasteiger partial charge in [0.2, 0.25) is 0 Å². The van der Waals surface area contributed by atoms with E-state index in [1.807, 2.05) is 0 Å². The van der Waals surface area contributed by atoms with Gasteiger partial charge in [0, 0.05) is 0 Å². The van der Waals surface area contributed by atoms with Crippen molar-refractivity contribution >= 4 is 14.0 Å². The highest BCUT2D eigenvalue weighted by atomic mass is 28.3. The Morgan fingerprint density at radius 2 is 1.21 bits per heavy atom. The number of methoxy groups -OCH3 is 1. The van der Waals surface area contributed by atoms with Crippen LogP contribution in [0.25, 0.3) is 0 Å². The minimum Gasteiger partial charge on any atom is -0.469 e. The molecule has 0 unspecified atom stereocenters. The van der Waals surface area contributed by atoms with Crippen molar-refractivity contribution in [2.24, 2.45) is 11.8 Å². The molecule has 0 bridgehead atoms. The van der Waals surface area contributed by atoms with Gasteiger partial charge < -0.3 is 4.74 Å². The molecule has 0 spiro atoms. The Kier molecular flexibility index (Phi) is 14.3. The minimum absolute atomic E-state index is 0.0714. The first-order valence-electron chi connectivity index (χ1n) is 12.7. The molecule has 3 heteroatoms. The molecule has 1 aliphatic carbocycles. The lowest BCUT2D eigenvalue weighted by Crippen LogP contribution is -2.43. The summed E-state index contributed by atoms with van der Waals surface area (Å²) in [5, 5.41) is 0. The van der Waals surface area contributed by atoms with Crippen molar-refractivity contribution in [2.75, 3.05) is 7.11 Å². The van der Waals surface area contributed by atoms with E-state index in [1.165, 1.54) is 108 Å². The summed E-state index contributed by atoms with van der Waals surface area (Å²) in [7, 11) is 0.286. The number of hydrogen-bond acceptors (Lipinski definition) is 2. The van der Waals surface area contributed by atoms with Crippen LogP contribution in [0.3, 0.4) is 0 Å². The lowest BCUT2D eigenvalue weighted by atomic mass is 9.75. The molecule has 0 amide bonds. The smallest absolute Gasteiger partial charge is 0.308 e. The fraction of sp³-hybridized carbons (Fsp3) is 0.960. The SMILES string of the molecule is CCCCCC[Si](CCCCCC)(CCCCCC)C[C@@H]1CC[C@@H]1C(=O)OC. The molecular weight excluding hydrogens is 360 g/mol. The largest absolute Gasteiger partial charge is 0.469 e. The number of rotatable bonds is 18. The van der Waals surface area contributed by atoms with Gasteiger partial charge in [0.1, 0.15) is 0 Å². The third-order valence-corrected chi connectivity index (χ3v) is 12.9. The summed E-state index contributed by atoms with van der Waals surface area (Å²) in [6.07, 6.45) is 19.1. The molecule has 0 aromatic carbocycles. The van der Waals surface area contributed by atoms with E-state index in [0.29, 0.717) is 5.92 Å². The van der Waals surface area contributed by atoms with E-state index >= 15 is 0 Å². The molecule has 166 valence electrons. The summed E-state index contributed by atoms with van der Waals surface area (Å²) in [5.74, 6) is 0.934. The Bertz CT molecular complexity index is 365. The van der Waals surface area contributed by atoms with E-state index in [9.17, 15) is 4.79 Å². The maximum atomic E-state index is 12.2. The second kappa shape index (κ2) is 15.5. The van der Waals surface area contributed by atoms with Gasteiger partial charge in [-0.05, 0) is 18.8 Å². The molecule has 0 aromatic heterocycles. The number of ether oxygens (including phenoxy) is 1. The van der Waals surface area contributed by atoms with Gasteiger partial charge >= 0.3 is 5.97 Å². The fourth-order valence-electron chi connectivity index (χ4n) is 5.29. The quantitative estimate of drug-likeness (QED) is 0.129. The first-order valence-corrected chi connectivity index (χ1v) is 15.5. The van der Waals surface area contributed by atoms with Crippen LogP contribution in [0, 0.1) is 11.8 Å². The zero-order valence-corrected chi connectivity index (χ0v) is 20.7. The van der Waals surface area contributed by atoms with Crippen LogP contribution in [-0.4, -0.2) is 21.2 Å².